The lowest BCUT2D eigenvalue weighted by Crippen LogP contribution is -2.43. The number of rotatable bonds is 10. The molecular formula is C14H21NO5S. The van der Waals surface area contributed by atoms with Crippen LogP contribution in [-0.4, -0.2) is 45.0 Å². The molecule has 0 unspecified atom stereocenters. The Hall–Kier alpha value is -1.44. The molecule has 0 bridgehead atoms. The molecule has 0 aliphatic carbocycles. The van der Waals surface area contributed by atoms with E-state index in [-0.39, 0.29) is 12.2 Å². The van der Waals surface area contributed by atoms with E-state index in [1.165, 1.54) is 0 Å². The lowest BCUT2D eigenvalue weighted by Gasteiger charge is -2.15. The van der Waals surface area contributed by atoms with Gasteiger partial charge in [-0.25, -0.2) is 13.1 Å². The fourth-order valence-electron chi connectivity index (χ4n) is 1.84. The van der Waals surface area contributed by atoms with Crippen molar-refractivity contribution in [3.05, 3.63) is 35.9 Å². The Morgan fingerprint density at radius 3 is 2.52 bits per heavy atom. The molecule has 7 heteroatoms. The molecule has 0 heterocycles. The van der Waals surface area contributed by atoms with E-state index in [2.05, 4.69) is 4.72 Å². The zero-order valence-corrected chi connectivity index (χ0v) is 12.8. The summed E-state index contributed by atoms with van der Waals surface area (Å²) >= 11 is 0. The maximum Gasteiger partial charge on any atom is 0.322 e. The number of ether oxygens (including phenoxy) is 1. The Kier molecular flexibility index (Phi) is 7.35. The first-order valence-electron chi connectivity index (χ1n) is 6.70. The first-order chi connectivity index (χ1) is 9.94. The Balaban J connectivity index is 2.59. The minimum atomic E-state index is -3.61. The van der Waals surface area contributed by atoms with Gasteiger partial charge in [-0.15, -0.1) is 0 Å². The second-order valence-electron chi connectivity index (χ2n) is 4.72. The maximum atomic E-state index is 11.9. The van der Waals surface area contributed by atoms with Crippen LogP contribution in [0.1, 0.15) is 18.4 Å². The van der Waals surface area contributed by atoms with E-state index in [1.54, 1.807) is 31.4 Å². The topological polar surface area (TPSA) is 92.7 Å². The lowest BCUT2D eigenvalue weighted by atomic mass is 10.1. The number of carbonyl (C=O) groups is 1. The van der Waals surface area contributed by atoms with Gasteiger partial charge < -0.3 is 9.84 Å². The molecule has 6 nitrogen and oxygen atoms in total. The van der Waals surface area contributed by atoms with E-state index in [0.717, 1.165) is 5.56 Å². The van der Waals surface area contributed by atoms with Crippen molar-refractivity contribution < 1.29 is 23.1 Å². The van der Waals surface area contributed by atoms with E-state index >= 15 is 0 Å². The van der Waals surface area contributed by atoms with E-state index in [1.807, 2.05) is 6.07 Å². The van der Waals surface area contributed by atoms with Gasteiger partial charge >= 0.3 is 5.97 Å². The van der Waals surface area contributed by atoms with Gasteiger partial charge in [0.05, 0.1) is 5.75 Å². The first-order valence-corrected chi connectivity index (χ1v) is 8.35. The summed E-state index contributed by atoms with van der Waals surface area (Å²) in [5, 5.41) is 9.16. The Morgan fingerprint density at radius 2 is 1.95 bits per heavy atom. The van der Waals surface area contributed by atoms with E-state index in [4.69, 9.17) is 9.84 Å². The molecule has 21 heavy (non-hydrogen) atoms. The van der Waals surface area contributed by atoms with Crippen molar-refractivity contribution in [2.45, 2.75) is 25.3 Å². The Labute approximate surface area is 125 Å². The zero-order chi connectivity index (χ0) is 15.7. The monoisotopic (exact) mass is 315 g/mol. The molecule has 0 aliphatic heterocycles. The number of nitrogens with one attached hydrogen (secondary N) is 1. The normalized spacial score (nSPS) is 13.0. The lowest BCUT2D eigenvalue weighted by molar-refractivity contribution is -0.138. The van der Waals surface area contributed by atoms with Crippen LogP contribution < -0.4 is 4.72 Å². The molecule has 0 amide bonds. The molecule has 0 spiro atoms. The van der Waals surface area contributed by atoms with Crippen LogP contribution in [0.15, 0.2) is 30.3 Å². The Morgan fingerprint density at radius 1 is 1.29 bits per heavy atom. The number of hydrogen-bond donors (Lipinski definition) is 2. The molecule has 1 rings (SSSR count). The van der Waals surface area contributed by atoms with Gasteiger partial charge in [0.2, 0.25) is 10.0 Å². The summed E-state index contributed by atoms with van der Waals surface area (Å²) in [6, 6.07) is 7.77. The summed E-state index contributed by atoms with van der Waals surface area (Å²) < 4.78 is 30.9. The number of methoxy groups -OCH3 is 1. The SMILES string of the molecule is COCCCCS(=O)(=O)N[C@@H](Cc1ccccc1)C(=O)O. The summed E-state index contributed by atoms with van der Waals surface area (Å²) in [6.07, 6.45) is 1.17. The van der Waals surface area contributed by atoms with Crippen molar-refractivity contribution in [2.75, 3.05) is 19.5 Å². The van der Waals surface area contributed by atoms with E-state index in [9.17, 15) is 13.2 Å². The zero-order valence-electron chi connectivity index (χ0n) is 12.0. The van der Waals surface area contributed by atoms with Crippen molar-refractivity contribution in [1.29, 1.82) is 0 Å². The van der Waals surface area contributed by atoms with Crippen molar-refractivity contribution in [3.63, 3.8) is 0 Å². The minimum Gasteiger partial charge on any atom is -0.480 e. The molecule has 0 saturated heterocycles. The van der Waals surface area contributed by atoms with E-state index in [0.29, 0.717) is 19.4 Å². The summed E-state index contributed by atoms with van der Waals surface area (Å²) in [6.45, 7) is 0.488. The van der Waals surface area contributed by atoms with Gasteiger partial charge in [-0.2, -0.15) is 0 Å². The van der Waals surface area contributed by atoms with Gasteiger partial charge in [-0.05, 0) is 24.8 Å². The van der Waals surface area contributed by atoms with Crippen LogP contribution >= 0.6 is 0 Å². The largest absolute Gasteiger partial charge is 0.480 e. The number of unbranched alkanes of at least 4 members (excludes halogenated alkanes) is 1. The van der Waals surface area contributed by atoms with Gasteiger partial charge in [-0.3, -0.25) is 4.79 Å². The van der Waals surface area contributed by atoms with Crippen LogP contribution in [0.5, 0.6) is 0 Å². The third-order valence-corrected chi connectivity index (χ3v) is 4.38. The highest BCUT2D eigenvalue weighted by atomic mass is 32.2. The molecule has 0 saturated carbocycles. The van der Waals surface area contributed by atoms with E-state index < -0.39 is 22.0 Å². The molecule has 0 radical (unpaired) electrons. The molecule has 0 fully saturated rings. The molecule has 2 N–H and O–H groups in total. The number of hydrogen-bond acceptors (Lipinski definition) is 4. The van der Waals surface area contributed by atoms with Crippen LogP contribution in [0.2, 0.25) is 0 Å². The van der Waals surface area contributed by atoms with Crippen LogP contribution in [0.4, 0.5) is 0 Å². The number of carboxylic acids is 1. The van der Waals surface area contributed by atoms with Crippen LogP contribution in [0.25, 0.3) is 0 Å². The number of carboxylic acid groups (broad SMARTS) is 1. The second-order valence-corrected chi connectivity index (χ2v) is 6.59. The van der Waals surface area contributed by atoms with Crippen molar-refractivity contribution in [3.8, 4) is 0 Å². The summed E-state index contributed by atoms with van der Waals surface area (Å²) in [7, 11) is -2.06. The second kappa shape index (κ2) is 8.76. The van der Waals surface area contributed by atoms with Crippen LogP contribution in [0.3, 0.4) is 0 Å². The molecule has 0 aromatic heterocycles. The van der Waals surface area contributed by atoms with Crippen LogP contribution in [0, 0.1) is 0 Å². The number of aliphatic carboxylic acids is 1. The van der Waals surface area contributed by atoms with Crippen molar-refractivity contribution in [1.82, 2.24) is 4.72 Å². The number of benzene rings is 1. The predicted molar refractivity (Wildman–Crippen MR) is 79.6 cm³/mol. The van der Waals surface area contributed by atoms with Gasteiger partial charge in [0.15, 0.2) is 0 Å². The molecule has 1 atom stereocenters. The molecular weight excluding hydrogens is 294 g/mol. The van der Waals surface area contributed by atoms with Gasteiger partial charge in [0, 0.05) is 13.7 Å². The molecule has 118 valence electrons. The number of sulfonamides is 1. The molecule has 1 aromatic carbocycles. The summed E-state index contributed by atoms with van der Waals surface area (Å²) in [5.74, 6) is -1.28. The fraction of sp³-hybridized carbons (Fsp3) is 0.500. The van der Waals surface area contributed by atoms with Gasteiger partial charge in [0.25, 0.3) is 0 Å². The quantitative estimate of drug-likeness (QED) is 0.629. The predicted octanol–water partition coefficient (Wildman–Crippen LogP) is 1.03. The molecule has 0 aliphatic rings. The highest BCUT2D eigenvalue weighted by molar-refractivity contribution is 7.89. The average molecular weight is 315 g/mol. The highest BCUT2D eigenvalue weighted by Crippen LogP contribution is 2.05. The van der Waals surface area contributed by atoms with Crippen molar-refractivity contribution >= 4 is 16.0 Å². The smallest absolute Gasteiger partial charge is 0.322 e. The first kappa shape index (κ1) is 17.6. The Bertz CT molecular complexity index is 530. The highest BCUT2D eigenvalue weighted by Gasteiger charge is 2.23. The van der Waals surface area contributed by atoms with Crippen LogP contribution in [-0.2, 0) is 26.0 Å². The third kappa shape index (κ3) is 7.22. The minimum absolute atomic E-state index is 0.102. The average Bonchev–Trinajstić information content (AvgIpc) is 2.44. The standard InChI is InChI=1S/C14H21NO5S/c1-20-9-5-6-10-21(18,19)15-13(14(16)17)11-12-7-3-2-4-8-12/h2-4,7-8,13,15H,5-6,9-11H2,1H3,(H,16,17)/t13-/m0/s1. The maximum absolute atomic E-state index is 11.9. The van der Waals surface area contributed by atoms with Crippen molar-refractivity contribution in [2.24, 2.45) is 0 Å². The van der Waals surface area contributed by atoms with Gasteiger partial charge in [0.1, 0.15) is 6.04 Å². The third-order valence-electron chi connectivity index (χ3n) is 2.91. The van der Waals surface area contributed by atoms with Gasteiger partial charge in [-0.1, -0.05) is 30.3 Å². The summed E-state index contributed by atoms with van der Waals surface area (Å²) in [4.78, 5) is 11.2. The molecule has 1 aromatic rings. The summed E-state index contributed by atoms with van der Waals surface area (Å²) in [5.41, 5.74) is 0.770. The fourth-order valence-corrected chi connectivity index (χ4v) is 3.16.